The Labute approximate surface area is 183 Å². The predicted octanol–water partition coefficient (Wildman–Crippen LogP) is 3.39. The van der Waals surface area contributed by atoms with Crippen molar-refractivity contribution in [2.45, 2.75) is 6.42 Å². The lowest BCUT2D eigenvalue weighted by Gasteiger charge is -2.37. The summed E-state index contributed by atoms with van der Waals surface area (Å²) >= 11 is 0. The molecule has 1 heterocycles. The number of methoxy groups -OCH3 is 1. The van der Waals surface area contributed by atoms with E-state index in [4.69, 9.17) is 4.74 Å². The maximum Gasteiger partial charge on any atom is 0.193 e. The van der Waals surface area contributed by atoms with E-state index in [0.717, 1.165) is 56.5 Å². The van der Waals surface area contributed by atoms with Crippen LogP contribution in [0.5, 0.6) is 5.75 Å². The first-order chi connectivity index (χ1) is 13.2. The summed E-state index contributed by atoms with van der Waals surface area (Å²) in [6.07, 6.45) is 0.874. The first-order valence-corrected chi connectivity index (χ1v) is 9.29. The molecule has 1 aliphatic heterocycles. The highest BCUT2D eigenvalue weighted by atomic mass is 127. The number of benzene rings is 2. The summed E-state index contributed by atoms with van der Waals surface area (Å²) in [5.41, 5.74) is 2.25. The summed E-state index contributed by atoms with van der Waals surface area (Å²) < 4.78 is 18.5. The second-order valence-corrected chi connectivity index (χ2v) is 6.49. The van der Waals surface area contributed by atoms with Crippen molar-refractivity contribution >= 4 is 35.6 Å². The predicted molar refractivity (Wildman–Crippen MR) is 124 cm³/mol. The number of hydrogen-bond acceptors (Lipinski definition) is 3. The van der Waals surface area contributed by atoms with Gasteiger partial charge in [0.15, 0.2) is 5.96 Å². The van der Waals surface area contributed by atoms with E-state index in [0.29, 0.717) is 0 Å². The van der Waals surface area contributed by atoms with E-state index in [2.05, 4.69) is 26.2 Å². The molecule has 0 bridgehead atoms. The zero-order valence-corrected chi connectivity index (χ0v) is 18.7. The van der Waals surface area contributed by atoms with E-state index < -0.39 is 0 Å². The monoisotopic (exact) mass is 498 g/mol. The van der Waals surface area contributed by atoms with E-state index in [1.54, 1.807) is 7.11 Å². The van der Waals surface area contributed by atoms with Gasteiger partial charge in [-0.25, -0.2) is 4.39 Å². The van der Waals surface area contributed by atoms with Gasteiger partial charge in [0, 0.05) is 45.5 Å². The Balaban J connectivity index is 0.00000280. The minimum Gasteiger partial charge on any atom is -0.496 e. The Hall–Kier alpha value is -2.03. The fourth-order valence-electron chi connectivity index (χ4n) is 3.38. The van der Waals surface area contributed by atoms with Crippen molar-refractivity contribution < 1.29 is 9.13 Å². The van der Waals surface area contributed by atoms with Gasteiger partial charge in [-0.05, 0) is 42.3 Å². The molecule has 0 spiro atoms. The van der Waals surface area contributed by atoms with Gasteiger partial charge in [-0.3, -0.25) is 4.99 Å². The molecule has 1 N–H and O–H groups in total. The summed E-state index contributed by atoms with van der Waals surface area (Å²) in [6, 6.07) is 14.8. The topological polar surface area (TPSA) is 40.1 Å². The molecule has 7 heteroatoms. The third kappa shape index (κ3) is 5.73. The molecule has 0 amide bonds. The molecule has 152 valence electrons. The molecule has 0 atom stereocenters. The third-order valence-corrected chi connectivity index (χ3v) is 4.85. The van der Waals surface area contributed by atoms with Crippen LogP contribution in [-0.2, 0) is 6.42 Å². The van der Waals surface area contributed by atoms with Gasteiger partial charge in [0.2, 0.25) is 0 Å². The van der Waals surface area contributed by atoms with Crippen LogP contribution >= 0.6 is 24.0 Å². The van der Waals surface area contributed by atoms with Gasteiger partial charge < -0.3 is 19.9 Å². The molecule has 1 saturated heterocycles. The molecule has 3 rings (SSSR count). The number of piperazine rings is 1. The molecule has 0 aromatic heterocycles. The van der Waals surface area contributed by atoms with Gasteiger partial charge in [0.25, 0.3) is 0 Å². The second kappa shape index (κ2) is 11.1. The van der Waals surface area contributed by atoms with Crippen molar-refractivity contribution in [2.75, 3.05) is 51.8 Å². The number of guanidine groups is 1. The third-order valence-electron chi connectivity index (χ3n) is 4.85. The molecule has 5 nitrogen and oxygen atoms in total. The zero-order chi connectivity index (χ0) is 19.1. The first-order valence-electron chi connectivity index (χ1n) is 9.29. The number of ether oxygens (including phenoxy) is 1. The standard InChI is InChI=1S/C21H27FN4O.HI/c1-23-21(24-12-11-17-5-3-4-6-20(17)27-2)26-15-13-25(14-16-26)19-9-7-18(22)8-10-19;/h3-10H,11-16H2,1-2H3,(H,23,24);1H. The zero-order valence-electron chi connectivity index (χ0n) is 16.4. The Kier molecular flexibility index (Phi) is 8.82. The van der Waals surface area contributed by atoms with E-state index in [9.17, 15) is 4.39 Å². The van der Waals surface area contributed by atoms with Crippen LogP contribution in [0.15, 0.2) is 53.5 Å². The highest BCUT2D eigenvalue weighted by Gasteiger charge is 2.19. The van der Waals surface area contributed by atoms with Crippen LogP contribution in [0.2, 0.25) is 0 Å². The van der Waals surface area contributed by atoms with Crippen LogP contribution in [0.25, 0.3) is 0 Å². The number of hydrogen-bond donors (Lipinski definition) is 1. The lowest BCUT2D eigenvalue weighted by atomic mass is 10.1. The summed E-state index contributed by atoms with van der Waals surface area (Å²) in [4.78, 5) is 8.97. The maximum absolute atomic E-state index is 13.1. The van der Waals surface area contributed by atoms with Gasteiger partial charge in [-0.15, -0.1) is 24.0 Å². The van der Waals surface area contributed by atoms with Crippen molar-refractivity contribution in [1.82, 2.24) is 10.2 Å². The van der Waals surface area contributed by atoms with Crippen molar-refractivity contribution in [2.24, 2.45) is 4.99 Å². The number of halogens is 2. The number of rotatable bonds is 5. The van der Waals surface area contributed by atoms with Crippen LogP contribution in [0.4, 0.5) is 10.1 Å². The molecular weight excluding hydrogens is 470 g/mol. The van der Waals surface area contributed by atoms with Gasteiger partial charge >= 0.3 is 0 Å². The van der Waals surface area contributed by atoms with Crippen LogP contribution in [0.1, 0.15) is 5.56 Å². The molecule has 2 aromatic carbocycles. The fraction of sp³-hybridized carbons (Fsp3) is 0.381. The van der Waals surface area contributed by atoms with Gasteiger partial charge in [-0.2, -0.15) is 0 Å². The van der Waals surface area contributed by atoms with Crippen LogP contribution in [0.3, 0.4) is 0 Å². The Morgan fingerprint density at radius 2 is 1.75 bits per heavy atom. The van der Waals surface area contributed by atoms with Crippen molar-refractivity contribution in [3.8, 4) is 5.75 Å². The highest BCUT2D eigenvalue weighted by Crippen LogP contribution is 2.18. The number of nitrogens with zero attached hydrogens (tertiary/aromatic N) is 3. The molecule has 0 aliphatic carbocycles. The fourth-order valence-corrected chi connectivity index (χ4v) is 3.38. The van der Waals surface area contributed by atoms with Crippen LogP contribution in [0, 0.1) is 5.82 Å². The van der Waals surface area contributed by atoms with Crippen molar-refractivity contribution in [1.29, 1.82) is 0 Å². The quantitative estimate of drug-likeness (QED) is 0.390. The lowest BCUT2D eigenvalue weighted by molar-refractivity contribution is 0.372. The van der Waals surface area contributed by atoms with Crippen LogP contribution in [-0.4, -0.2) is 57.7 Å². The molecule has 2 aromatic rings. The van der Waals surface area contributed by atoms with Gasteiger partial charge in [0.1, 0.15) is 11.6 Å². The molecule has 1 fully saturated rings. The number of nitrogens with one attached hydrogen (secondary N) is 1. The van der Waals surface area contributed by atoms with Gasteiger partial charge in [0.05, 0.1) is 7.11 Å². The summed E-state index contributed by atoms with van der Waals surface area (Å²) in [5.74, 6) is 1.64. The summed E-state index contributed by atoms with van der Waals surface area (Å²) in [5, 5.41) is 3.45. The number of para-hydroxylation sites is 1. The minimum absolute atomic E-state index is 0. The van der Waals surface area contributed by atoms with E-state index >= 15 is 0 Å². The average molecular weight is 498 g/mol. The first kappa shape index (κ1) is 22.3. The van der Waals surface area contributed by atoms with E-state index in [-0.39, 0.29) is 29.8 Å². The molecule has 0 saturated carbocycles. The highest BCUT2D eigenvalue weighted by molar-refractivity contribution is 14.0. The Morgan fingerprint density at radius 3 is 2.39 bits per heavy atom. The molecule has 1 aliphatic rings. The Morgan fingerprint density at radius 1 is 1.07 bits per heavy atom. The van der Waals surface area contributed by atoms with Crippen molar-refractivity contribution in [3.05, 3.63) is 59.9 Å². The maximum atomic E-state index is 13.1. The SMILES string of the molecule is CN=C(NCCc1ccccc1OC)N1CCN(c2ccc(F)cc2)CC1.I. The second-order valence-electron chi connectivity index (χ2n) is 6.49. The normalized spacial score (nSPS) is 14.5. The molecule has 28 heavy (non-hydrogen) atoms. The van der Waals surface area contributed by atoms with Gasteiger partial charge in [-0.1, -0.05) is 18.2 Å². The number of anilines is 1. The average Bonchev–Trinajstić information content (AvgIpc) is 2.72. The summed E-state index contributed by atoms with van der Waals surface area (Å²) in [6.45, 7) is 4.33. The largest absolute Gasteiger partial charge is 0.496 e. The lowest BCUT2D eigenvalue weighted by Crippen LogP contribution is -2.52. The van der Waals surface area contributed by atoms with E-state index in [1.807, 2.05) is 37.4 Å². The smallest absolute Gasteiger partial charge is 0.193 e. The molecular formula is C21H28FIN4O. The van der Waals surface area contributed by atoms with E-state index in [1.165, 1.54) is 17.7 Å². The number of aliphatic imine (C=N–C) groups is 1. The Bertz CT molecular complexity index is 761. The van der Waals surface area contributed by atoms with Crippen molar-refractivity contribution in [3.63, 3.8) is 0 Å². The summed E-state index contributed by atoms with van der Waals surface area (Å²) in [7, 11) is 3.52. The minimum atomic E-state index is -0.197. The molecule has 0 radical (unpaired) electrons. The van der Waals surface area contributed by atoms with Crippen LogP contribution < -0.4 is 15.0 Å². The molecule has 0 unspecified atom stereocenters.